The molecule has 5 aromatic rings. The van der Waals surface area contributed by atoms with Gasteiger partial charge in [0.1, 0.15) is 30.0 Å². The first-order valence-corrected chi connectivity index (χ1v) is 10.7. The summed E-state index contributed by atoms with van der Waals surface area (Å²) in [6.07, 6.45) is 0.966. The average molecular weight is 412 g/mol. The van der Waals surface area contributed by atoms with E-state index < -0.39 is 0 Å². The quantitative estimate of drug-likeness (QED) is 0.462. The number of para-hydroxylation sites is 3. The minimum absolute atomic E-state index is 0.0174. The maximum absolute atomic E-state index is 9.39. The number of nitrogens with zero attached hydrogens (tertiary/aromatic N) is 3. The predicted octanol–water partition coefficient (Wildman–Crippen LogP) is 4.29. The number of hydrogen-bond acceptors (Lipinski definition) is 4. The molecule has 1 atom stereocenters. The van der Waals surface area contributed by atoms with Gasteiger partial charge in [0.25, 0.3) is 0 Å². The number of aliphatic hydroxyl groups excluding tert-OH is 1. The maximum Gasteiger partial charge on any atom is 0.133 e. The third-order valence-electron chi connectivity index (χ3n) is 6.43. The van der Waals surface area contributed by atoms with Crippen molar-refractivity contribution in [3.05, 3.63) is 89.3 Å². The first kappa shape index (κ1) is 18.4. The predicted molar refractivity (Wildman–Crippen MR) is 120 cm³/mol. The van der Waals surface area contributed by atoms with Crippen molar-refractivity contribution in [1.29, 1.82) is 0 Å². The van der Waals surface area contributed by atoms with Crippen LogP contribution in [0, 0.1) is 0 Å². The third-order valence-corrected chi connectivity index (χ3v) is 6.43. The number of benzene rings is 2. The molecule has 0 saturated carbocycles. The number of nitrogens with one attached hydrogen (secondary N) is 1. The van der Waals surface area contributed by atoms with Crippen LogP contribution in [-0.4, -0.2) is 31.1 Å². The highest BCUT2D eigenvalue weighted by molar-refractivity contribution is 5.85. The van der Waals surface area contributed by atoms with Crippen LogP contribution < -0.4 is 0 Å². The monoisotopic (exact) mass is 412 g/mol. The minimum atomic E-state index is -0.0830. The number of aryl methyl sites for hydroxylation is 1. The van der Waals surface area contributed by atoms with Gasteiger partial charge in [0, 0.05) is 30.2 Å². The highest BCUT2D eigenvalue weighted by atomic mass is 16.4. The van der Waals surface area contributed by atoms with E-state index in [1.165, 1.54) is 22.2 Å². The topological polar surface area (TPSA) is 70.2 Å². The number of aromatic nitrogens is 3. The largest absolute Gasteiger partial charge is 0.462 e. The molecule has 31 heavy (non-hydrogen) atoms. The van der Waals surface area contributed by atoms with Gasteiger partial charge in [-0.25, -0.2) is 4.98 Å². The number of rotatable bonds is 4. The zero-order valence-corrected chi connectivity index (χ0v) is 17.4. The fraction of sp³-hybridized carbons (Fsp3) is 0.240. The van der Waals surface area contributed by atoms with Crippen LogP contribution in [0.25, 0.3) is 21.9 Å². The van der Waals surface area contributed by atoms with Gasteiger partial charge in [0.15, 0.2) is 0 Å². The summed E-state index contributed by atoms with van der Waals surface area (Å²) in [5.41, 5.74) is 5.88. The average Bonchev–Trinajstić information content (AvgIpc) is 3.49. The second-order valence-corrected chi connectivity index (χ2v) is 8.23. The van der Waals surface area contributed by atoms with E-state index in [-0.39, 0.29) is 12.6 Å². The summed E-state index contributed by atoms with van der Waals surface area (Å²) in [4.78, 5) is 11.2. The Hall–Kier alpha value is -3.35. The van der Waals surface area contributed by atoms with Crippen LogP contribution in [0.1, 0.15) is 34.6 Å². The number of imidazole rings is 1. The molecule has 0 aliphatic carbocycles. The molecule has 0 bridgehead atoms. The van der Waals surface area contributed by atoms with E-state index in [4.69, 9.17) is 9.40 Å². The SMILES string of the molecule is Cn1c(C2c3[nH]c4ccccc4c3CCN2Cc2ccc(CO)o2)nc2ccccc21. The molecule has 1 aliphatic heterocycles. The molecule has 0 radical (unpaired) electrons. The first-order chi connectivity index (χ1) is 15.2. The molecule has 6 nitrogen and oxygen atoms in total. The van der Waals surface area contributed by atoms with Crippen LogP contribution in [0.4, 0.5) is 0 Å². The Morgan fingerprint density at radius 1 is 1.06 bits per heavy atom. The number of fused-ring (bicyclic) bond motifs is 4. The fourth-order valence-corrected chi connectivity index (χ4v) is 4.95. The Morgan fingerprint density at radius 2 is 1.87 bits per heavy atom. The van der Waals surface area contributed by atoms with Crippen molar-refractivity contribution < 1.29 is 9.52 Å². The Balaban J connectivity index is 1.52. The van der Waals surface area contributed by atoms with Crippen LogP contribution in [-0.2, 0) is 26.6 Å². The van der Waals surface area contributed by atoms with E-state index in [0.29, 0.717) is 12.3 Å². The van der Waals surface area contributed by atoms with Crippen molar-refractivity contribution in [3.8, 4) is 0 Å². The highest BCUT2D eigenvalue weighted by Gasteiger charge is 2.35. The van der Waals surface area contributed by atoms with Gasteiger partial charge in [0.2, 0.25) is 0 Å². The van der Waals surface area contributed by atoms with E-state index in [1.54, 1.807) is 0 Å². The summed E-state index contributed by atoms with van der Waals surface area (Å²) >= 11 is 0. The van der Waals surface area contributed by atoms with E-state index in [1.807, 2.05) is 18.2 Å². The highest BCUT2D eigenvalue weighted by Crippen LogP contribution is 2.39. The van der Waals surface area contributed by atoms with Crippen molar-refractivity contribution in [3.63, 3.8) is 0 Å². The van der Waals surface area contributed by atoms with E-state index in [2.05, 4.69) is 64.0 Å². The molecule has 3 aromatic heterocycles. The molecule has 2 N–H and O–H groups in total. The molecule has 2 aromatic carbocycles. The summed E-state index contributed by atoms with van der Waals surface area (Å²) < 4.78 is 8.03. The summed E-state index contributed by atoms with van der Waals surface area (Å²) in [7, 11) is 2.09. The Bertz CT molecular complexity index is 1390. The molecule has 0 saturated heterocycles. The second kappa shape index (κ2) is 7.11. The number of aromatic amines is 1. The van der Waals surface area contributed by atoms with Crippen LogP contribution >= 0.6 is 0 Å². The molecule has 1 unspecified atom stereocenters. The van der Waals surface area contributed by atoms with E-state index >= 15 is 0 Å². The second-order valence-electron chi connectivity index (χ2n) is 8.23. The molecule has 6 heteroatoms. The Labute approximate surface area is 179 Å². The lowest BCUT2D eigenvalue weighted by Crippen LogP contribution is -2.36. The summed E-state index contributed by atoms with van der Waals surface area (Å²) in [5.74, 6) is 2.47. The van der Waals surface area contributed by atoms with Gasteiger partial charge in [0.05, 0.1) is 17.6 Å². The number of furan rings is 1. The smallest absolute Gasteiger partial charge is 0.133 e. The zero-order valence-electron chi connectivity index (χ0n) is 17.4. The van der Waals surface area contributed by atoms with Gasteiger partial charge < -0.3 is 19.1 Å². The van der Waals surface area contributed by atoms with Gasteiger partial charge in [-0.3, -0.25) is 4.90 Å². The Kier molecular flexibility index (Phi) is 4.23. The van der Waals surface area contributed by atoms with Gasteiger partial charge in [-0.2, -0.15) is 0 Å². The molecule has 0 spiro atoms. The third kappa shape index (κ3) is 2.91. The van der Waals surface area contributed by atoms with E-state index in [0.717, 1.165) is 35.6 Å². The fourth-order valence-electron chi connectivity index (χ4n) is 4.95. The van der Waals surface area contributed by atoms with Crippen LogP contribution in [0.2, 0.25) is 0 Å². The summed E-state index contributed by atoms with van der Waals surface area (Å²) in [6, 6.07) is 20.6. The van der Waals surface area contributed by atoms with Gasteiger partial charge in [-0.15, -0.1) is 0 Å². The Morgan fingerprint density at radius 3 is 2.71 bits per heavy atom. The van der Waals surface area contributed by atoms with Gasteiger partial charge in [-0.05, 0) is 42.3 Å². The minimum Gasteiger partial charge on any atom is -0.462 e. The molecule has 1 aliphatic rings. The van der Waals surface area contributed by atoms with Gasteiger partial charge in [-0.1, -0.05) is 30.3 Å². The molecular formula is C25H24N4O2. The van der Waals surface area contributed by atoms with Crippen molar-refractivity contribution in [2.24, 2.45) is 7.05 Å². The number of hydrogen-bond donors (Lipinski definition) is 2. The molecule has 6 rings (SSSR count). The molecule has 0 fully saturated rings. The first-order valence-electron chi connectivity index (χ1n) is 10.7. The lowest BCUT2D eigenvalue weighted by molar-refractivity contribution is 0.172. The standard InChI is InChI=1S/C25H24N4O2/c1-28-22-9-5-4-8-21(22)27-25(28)24-23-19(18-6-2-3-7-20(18)26-23)12-13-29(24)14-16-10-11-17(15-30)31-16/h2-11,24,26,30H,12-15H2,1H3. The lowest BCUT2D eigenvalue weighted by atomic mass is 9.96. The maximum atomic E-state index is 9.39. The van der Waals surface area contributed by atoms with Crippen molar-refractivity contribution >= 4 is 21.9 Å². The molecule has 4 heterocycles. The normalized spacial score (nSPS) is 16.9. The number of aliphatic hydroxyl groups is 1. The lowest BCUT2D eigenvalue weighted by Gasteiger charge is -2.34. The van der Waals surface area contributed by atoms with Crippen LogP contribution in [0.5, 0.6) is 0 Å². The number of H-pyrrole nitrogens is 1. The zero-order chi connectivity index (χ0) is 20.9. The van der Waals surface area contributed by atoms with Crippen molar-refractivity contribution in [2.75, 3.05) is 6.54 Å². The van der Waals surface area contributed by atoms with Gasteiger partial charge >= 0.3 is 0 Å². The van der Waals surface area contributed by atoms with E-state index in [9.17, 15) is 5.11 Å². The molecule has 156 valence electrons. The summed E-state index contributed by atoms with van der Waals surface area (Å²) in [5, 5.41) is 10.7. The van der Waals surface area contributed by atoms with Crippen molar-refractivity contribution in [2.45, 2.75) is 25.6 Å². The molecule has 0 amide bonds. The van der Waals surface area contributed by atoms with Crippen LogP contribution in [0.15, 0.2) is 65.1 Å². The summed E-state index contributed by atoms with van der Waals surface area (Å²) in [6.45, 7) is 1.47. The molecular weight excluding hydrogens is 388 g/mol. The van der Waals surface area contributed by atoms with Crippen molar-refractivity contribution in [1.82, 2.24) is 19.4 Å². The van der Waals surface area contributed by atoms with Crippen LogP contribution in [0.3, 0.4) is 0 Å².